The Labute approximate surface area is 141 Å². The fourth-order valence-electron chi connectivity index (χ4n) is 2.94. The molecule has 0 saturated heterocycles. The van der Waals surface area contributed by atoms with Crippen LogP contribution in [0.1, 0.15) is 25.7 Å². The quantitative estimate of drug-likeness (QED) is 0.630. The lowest BCUT2D eigenvalue weighted by Gasteiger charge is -2.25. The summed E-state index contributed by atoms with van der Waals surface area (Å²) in [6.07, 6.45) is 2.61. The Morgan fingerprint density at radius 2 is 0.958 bits per heavy atom. The van der Waals surface area contributed by atoms with Gasteiger partial charge < -0.3 is 9.47 Å². The number of carbonyl (C=O) groups is 2. The first kappa shape index (κ1) is 16.2. The molecule has 0 aromatic heterocycles. The normalized spacial score (nSPS) is 20.2. The molecular formula is C20H20O4. The van der Waals surface area contributed by atoms with E-state index < -0.39 is 0 Å². The summed E-state index contributed by atoms with van der Waals surface area (Å²) < 4.78 is 10.8. The SMILES string of the molecule is O=C(Oc1ccccc1)[C@H]1CC[C@H](C(=O)Oc2ccccc2)CC1. The molecule has 24 heavy (non-hydrogen) atoms. The molecule has 0 aliphatic heterocycles. The predicted molar refractivity (Wildman–Crippen MR) is 89.6 cm³/mol. The third-order valence-electron chi connectivity index (χ3n) is 4.32. The molecule has 1 aliphatic rings. The summed E-state index contributed by atoms with van der Waals surface area (Å²) in [4.78, 5) is 24.4. The number of rotatable bonds is 4. The van der Waals surface area contributed by atoms with Crippen molar-refractivity contribution in [3.8, 4) is 11.5 Å². The molecular weight excluding hydrogens is 304 g/mol. The maximum Gasteiger partial charge on any atom is 0.314 e. The van der Waals surface area contributed by atoms with Crippen molar-refractivity contribution in [2.24, 2.45) is 11.8 Å². The van der Waals surface area contributed by atoms with E-state index in [4.69, 9.17) is 9.47 Å². The lowest BCUT2D eigenvalue weighted by molar-refractivity contribution is -0.145. The minimum absolute atomic E-state index is 0.147. The van der Waals surface area contributed by atoms with Gasteiger partial charge in [0.2, 0.25) is 0 Å². The molecule has 1 fully saturated rings. The van der Waals surface area contributed by atoms with Crippen molar-refractivity contribution in [1.82, 2.24) is 0 Å². The van der Waals surface area contributed by atoms with Crippen molar-refractivity contribution < 1.29 is 19.1 Å². The number of benzene rings is 2. The molecule has 0 bridgehead atoms. The average Bonchev–Trinajstić information content (AvgIpc) is 2.63. The van der Waals surface area contributed by atoms with Crippen LogP contribution < -0.4 is 9.47 Å². The molecule has 0 unspecified atom stereocenters. The van der Waals surface area contributed by atoms with Gasteiger partial charge in [-0.25, -0.2) is 0 Å². The molecule has 0 radical (unpaired) electrons. The van der Waals surface area contributed by atoms with Crippen LogP contribution in [0.2, 0.25) is 0 Å². The summed E-state index contributed by atoms with van der Waals surface area (Å²) in [5.74, 6) is 0.408. The zero-order valence-corrected chi connectivity index (χ0v) is 13.4. The number of hydrogen-bond donors (Lipinski definition) is 0. The molecule has 0 heterocycles. The Bertz CT molecular complexity index is 612. The van der Waals surface area contributed by atoms with E-state index in [-0.39, 0.29) is 23.8 Å². The zero-order valence-electron chi connectivity index (χ0n) is 13.4. The highest BCUT2D eigenvalue weighted by Crippen LogP contribution is 2.31. The van der Waals surface area contributed by atoms with Crippen LogP contribution in [0, 0.1) is 11.8 Å². The summed E-state index contributed by atoms with van der Waals surface area (Å²) in [6.45, 7) is 0. The fourth-order valence-corrected chi connectivity index (χ4v) is 2.94. The molecule has 4 heteroatoms. The van der Waals surface area contributed by atoms with Gasteiger partial charge in [-0.2, -0.15) is 0 Å². The van der Waals surface area contributed by atoms with Crippen LogP contribution in [0.5, 0.6) is 11.5 Å². The summed E-state index contributed by atoms with van der Waals surface area (Å²) in [5.41, 5.74) is 0. The van der Waals surface area contributed by atoms with Crippen LogP contribution in [0.15, 0.2) is 60.7 Å². The van der Waals surface area contributed by atoms with Gasteiger partial charge >= 0.3 is 11.9 Å². The van der Waals surface area contributed by atoms with Crippen molar-refractivity contribution in [3.05, 3.63) is 60.7 Å². The van der Waals surface area contributed by atoms with Crippen LogP contribution in [-0.2, 0) is 9.59 Å². The molecule has 0 spiro atoms. The van der Waals surface area contributed by atoms with E-state index in [1.807, 2.05) is 36.4 Å². The lowest BCUT2D eigenvalue weighted by atomic mass is 9.82. The van der Waals surface area contributed by atoms with Crippen LogP contribution >= 0.6 is 0 Å². The van der Waals surface area contributed by atoms with Crippen LogP contribution in [-0.4, -0.2) is 11.9 Å². The maximum atomic E-state index is 12.2. The first-order chi connectivity index (χ1) is 11.7. The van der Waals surface area contributed by atoms with Gasteiger partial charge in [0.15, 0.2) is 0 Å². The van der Waals surface area contributed by atoms with Crippen LogP contribution in [0.4, 0.5) is 0 Å². The van der Waals surface area contributed by atoms with Gasteiger partial charge in [-0.3, -0.25) is 9.59 Å². The average molecular weight is 324 g/mol. The standard InChI is InChI=1S/C20H20O4/c21-19(23-17-7-3-1-4-8-17)15-11-13-16(14-12-15)20(22)24-18-9-5-2-6-10-18/h1-10,15-16H,11-14H2/t15-,16-. The van der Waals surface area contributed by atoms with E-state index in [0.29, 0.717) is 37.2 Å². The summed E-state index contributed by atoms with van der Waals surface area (Å²) in [6, 6.07) is 18.1. The number of para-hydroxylation sites is 2. The minimum Gasteiger partial charge on any atom is -0.426 e. The Morgan fingerprint density at radius 1 is 0.625 bits per heavy atom. The second-order valence-electron chi connectivity index (χ2n) is 6.02. The first-order valence-electron chi connectivity index (χ1n) is 8.26. The molecule has 4 nitrogen and oxygen atoms in total. The molecule has 3 rings (SSSR count). The first-order valence-corrected chi connectivity index (χ1v) is 8.26. The van der Waals surface area contributed by atoms with Crippen molar-refractivity contribution in [3.63, 3.8) is 0 Å². The van der Waals surface area contributed by atoms with Gasteiger partial charge in [-0.15, -0.1) is 0 Å². The molecule has 0 N–H and O–H groups in total. The topological polar surface area (TPSA) is 52.6 Å². The lowest BCUT2D eigenvalue weighted by Crippen LogP contribution is -2.30. The highest BCUT2D eigenvalue weighted by atomic mass is 16.5. The molecule has 0 atom stereocenters. The van der Waals surface area contributed by atoms with Gasteiger partial charge in [0.05, 0.1) is 11.8 Å². The zero-order chi connectivity index (χ0) is 16.8. The third-order valence-corrected chi connectivity index (χ3v) is 4.32. The minimum atomic E-state index is -0.212. The predicted octanol–water partition coefficient (Wildman–Crippen LogP) is 4.00. The Kier molecular flexibility index (Phi) is 5.26. The van der Waals surface area contributed by atoms with Crippen LogP contribution in [0.3, 0.4) is 0 Å². The van der Waals surface area contributed by atoms with Gasteiger partial charge in [0.25, 0.3) is 0 Å². The van der Waals surface area contributed by atoms with E-state index >= 15 is 0 Å². The van der Waals surface area contributed by atoms with Crippen molar-refractivity contribution in [2.75, 3.05) is 0 Å². The number of carbonyl (C=O) groups excluding carboxylic acids is 2. The monoisotopic (exact) mass is 324 g/mol. The third kappa shape index (κ3) is 4.22. The second-order valence-corrected chi connectivity index (χ2v) is 6.02. The molecule has 2 aromatic rings. The number of esters is 2. The second kappa shape index (κ2) is 7.77. The van der Waals surface area contributed by atoms with Crippen molar-refractivity contribution in [1.29, 1.82) is 0 Å². The Balaban J connectivity index is 1.48. The number of ether oxygens (including phenoxy) is 2. The fraction of sp³-hybridized carbons (Fsp3) is 0.300. The van der Waals surface area contributed by atoms with Gasteiger partial charge in [-0.1, -0.05) is 36.4 Å². The van der Waals surface area contributed by atoms with Gasteiger partial charge in [0, 0.05) is 0 Å². The van der Waals surface area contributed by atoms with E-state index in [9.17, 15) is 9.59 Å². The number of hydrogen-bond acceptors (Lipinski definition) is 4. The highest BCUT2D eigenvalue weighted by molar-refractivity contribution is 5.77. The van der Waals surface area contributed by atoms with Gasteiger partial charge in [-0.05, 0) is 49.9 Å². The highest BCUT2D eigenvalue weighted by Gasteiger charge is 2.32. The smallest absolute Gasteiger partial charge is 0.314 e. The van der Waals surface area contributed by atoms with Crippen LogP contribution in [0.25, 0.3) is 0 Å². The summed E-state index contributed by atoms with van der Waals surface area (Å²) in [7, 11) is 0. The summed E-state index contributed by atoms with van der Waals surface area (Å²) in [5, 5.41) is 0. The van der Waals surface area contributed by atoms with E-state index in [0.717, 1.165) is 0 Å². The van der Waals surface area contributed by atoms with E-state index in [1.165, 1.54) is 0 Å². The van der Waals surface area contributed by atoms with Crippen molar-refractivity contribution in [2.45, 2.75) is 25.7 Å². The largest absolute Gasteiger partial charge is 0.426 e. The Morgan fingerprint density at radius 3 is 1.29 bits per heavy atom. The maximum absolute atomic E-state index is 12.2. The molecule has 124 valence electrons. The van der Waals surface area contributed by atoms with Gasteiger partial charge in [0.1, 0.15) is 11.5 Å². The molecule has 0 amide bonds. The van der Waals surface area contributed by atoms with E-state index in [2.05, 4.69) is 0 Å². The molecule has 1 saturated carbocycles. The molecule has 1 aliphatic carbocycles. The van der Waals surface area contributed by atoms with Crippen molar-refractivity contribution >= 4 is 11.9 Å². The Hall–Kier alpha value is -2.62. The summed E-state index contributed by atoms with van der Waals surface area (Å²) >= 11 is 0. The van der Waals surface area contributed by atoms with E-state index in [1.54, 1.807) is 24.3 Å². The molecule has 2 aromatic carbocycles.